The van der Waals surface area contributed by atoms with Crippen molar-refractivity contribution in [1.82, 2.24) is 4.98 Å². The summed E-state index contributed by atoms with van der Waals surface area (Å²) in [6.07, 6.45) is 1.78. The quantitative estimate of drug-likeness (QED) is 0.710. The summed E-state index contributed by atoms with van der Waals surface area (Å²) in [6, 6.07) is 22.1. The average molecular weight is 352 g/mol. The Morgan fingerprint density at radius 1 is 0.840 bits per heavy atom. The molecule has 3 rings (SSSR count). The molecule has 0 saturated heterocycles. The minimum absolute atomic E-state index is 0.217. The van der Waals surface area contributed by atoms with Crippen molar-refractivity contribution in [2.45, 2.75) is 24.7 Å². The topological polar surface area (TPSA) is 59.1 Å². The second-order valence-corrected chi connectivity index (χ2v) is 7.44. The molecule has 4 nitrogen and oxygen atoms in total. The number of aromatic nitrogens is 1. The highest BCUT2D eigenvalue weighted by Gasteiger charge is 2.15. The molecule has 3 aromatic rings. The van der Waals surface area contributed by atoms with Gasteiger partial charge in [0.1, 0.15) is 5.82 Å². The zero-order chi connectivity index (χ0) is 17.7. The van der Waals surface area contributed by atoms with Gasteiger partial charge in [-0.3, -0.25) is 4.72 Å². The molecular formula is C20H20N2O2S. The first-order valence-corrected chi connectivity index (χ1v) is 9.71. The van der Waals surface area contributed by atoms with Crippen LogP contribution in [0.25, 0.3) is 11.1 Å². The normalized spacial score (nSPS) is 11.2. The summed E-state index contributed by atoms with van der Waals surface area (Å²) in [6.45, 7) is 2.06. The Kier molecular flexibility index (Phi) is 5.14. The molecule has 0 atom stereocenters. The SMILES string of the molecule is CCCc1cccc(NS(=O)(=O)c2ccc(-c3ccccc3)cc2)n1. The van der Waals surface area contributed by atoms with Crippen LogP contribution < -0.4 is 4.72 Å². The van der Waals surface area contributed by atoms with Gasteiger partial charge in [-0.1, -0.05) is 61.9 Å². The molecule has 25 heavy (non-hydrogen) atoms. The number of rotatable bonds is 6. The molecule has 1 aromatic heterocycles. The van der Waals surface area contributed by atoms with Crippen LogP contribution in [0.3, 0.4) is 0 Å². The second kappa shape index (κ2) is 7.49. The van der Waals surface area contributed by atoms with E-state index in [9.17, 15) is 8.42 Å². The summed E-state index contributed by atoms with van der Waals surface area (Å²) in [4.78, 5) is 4.57. The molecule has 0 aliphatic rings. The zero-order valence-electron chi connectivity index (χ0n) is 14.0. The smallest absolute Gasteiger partial charge is 0.263 e. The summed E-state index contributed by atoms with van der Waals surface area (Å²) < 4.78 is 27.7. The Hall–Kier alpha value is -2.66. The lowest BCUT2D eigenvalue weighted by Gasteiger charge is -2.09. The van der Waals surface area contributed by atoms with E-state index in [4.69, 9.17) is 0 Å². The van der Waals surface area contributed by atoms with Gasteiger partial charge in [-0.15, -0.1) is 0 Å². The van der Waals surface area contributed by atoms with Crippen LogP contribution >= 0.6 is 0 Å². The van der Waals surface area contributed by atoms with Crippen molar-refractivity contribution in [2.24, 2.45) is 0 Å². The number of nitrogens with one attached hydrogen (secondary N) is 1. The maximum Gasteiger partial charge on any atom is 0.263 e. The molecule has 0 radical (unpaired) electrons. The van der Waals surface area contributed by atoms with Gasteiger partial charge in [0.05, 0.1) is 4.90 Å². The van der Waals surface area contributed by atoms with E-state index in [1.165, 1.54) is 0 Å². The first-order valence-electron chi connectivity index (χ1n) is 8.23. The van der Waals surface area contributed by atoms with E-state index in [1.807, 2.05) is 54.6 Å². The molecule has 0 fully saturated rings. The molecule has 1 N–H and O–H groups in total. The van der Waals surface area contributed by atoms with E-state index in [0.29, 0.717) is 5.82 Å². The fourth-order valence-corrected chi connectivity index (χ4v) is 3.59. The van der Waals surface area contributed by atoms with Gasteiger partial charge < -0.3 is 0 Å². The van der Waals surface area contributed by atoms with Crippen molar-refractivity contribution < 1.29 is 8.42 Å². The molecule has 0 aliphatic carbocycles. The first-order chi connectivity index (χ1) is 12.1. The number of hydrogen-bond acceptors (Lipinski definition) is 3. The van der Waals surface area contributed by atoms with Gasteiger partial charge in [-0.2, -0.15) is 0 Å². The van der Waals surface area contributed by atoms with Crippen molar-refractivity contribution in [3.63, 3.8) is 0 Å². The minimum Gasteiger partial charge on any atom is -0.263 e. The fraction of sp³-hybridized carbons (Fsp3) is 0.150. The van der Waals surface area contributed by atoms with Crippen LogP contribution in [-0.4, -0.2) is 13.4 Å². The lowest BCUT2D eigenvalue weighted by molar-refractivity contribution is 0.601. The number of pyridine rings is 1. The third-order valence-electron chi connectivity index (χ3n) is 3.82. The van der Waals surface area contributed by atoms with E-state index < -0.39 is 10.0 Å². The summed E-state index contributed by atoms with van der Waals surface area (Å²) in [5, 5.41) is 0. The number of sulfonamides is 1. The number of nitrogens with zero attached hydrogens (tertiary/aromatic N) is 1. The predicted octanol–water partition coefficient (Wildman–Crippen LogP) is 4.50. The number of benzene rings is 2. The molecule has 1 heterocycles. The Morgan fingerprint density at radius 3 is 2.20 bits per heavy atom. The Bertz CT molecular complexity index is 937. The van der Waals surface area contributed by atoms with Crippen LogP contribution in [0.1, 0.15) is 19.0 Å². The number of anilines is 1. The minimum atomic E-state index is -3.66. The van der Waals surface area contributed by atoms with Crippen LogP contribution in [0.4, 0.5) is 5.82 Å². The van der Waals surface area contributed by atoms with Gasteiger partial charge in [0.15, 0.2) is 0 Å². The average Bonchev–Trinajstić information content (AvgIpc) is 2.63. The first kappa shape index (κ1) is 17.2. The largest absolute Gasteiger partial charge is 0.263 e. The molecule has 0 aliphatic heterocycles. The zero-order valence-corrected chi connectivity index (χ0v) is 14.8. The molecule has 0 bridgehead atoms. The van der Waals surface area contributed by atoms with E-state index in [0.717, 1.165) is 29.7 Å². The standard InChI is InChI=1S/C20H20N2O2S/c1-2-7-18-10-6-11-20(21-18)22-25(23,24)19-14-12-17(13-15-19)16-8-4-3-5-9-16/h3-6,8-15H,2,7H2,1H3,(H,21,22). The maximum absolute atomic E-state index is 12.6. The van der Waals surface area contributed by atoms with Crippen LogP contribution in [0.2, 0.25) is 0 Å². The van der Waals surface area contributed by atoms with E-state index in [1.54, 1.807) is 18.2 Å². The van der Waals surface area contributed by atoms with E-state index in [-0.39, 0.29) is 4.90 Å². The monoisotopic (exact) mass is 352 g/mol. The van der Waals surface area contributed by atoms with Crippen molar-refractivity contribution in [3.8, 4) is 11.1 Å². The van der Waals surface area contributed by atoms with E-state index >= 15 is 0 Å². The lowest BCUT2D eigenvalue weighted by Crippen LogP contribution is -2.14. The lowest BCUT2D eigenvalue weighted by atomic mass is 10.1. The van der Waals surface area contributed by atoms with Gasteiger partial charge in [0.25, 0.3) is 10.0 Å². The van der Waals surface area contributed by atoms with Crippen molar-refractivity contribution in [1.29, 1.82) is 0 Å². The molecule has 2 aromatic carbocycles. The predicted molar refractivity (Wildman–Crippen MR) is 101 cm³/mol. The Morgan fingerprint density at radius 2 is 1.52 bits per heavy atom. The highest BCUT2D eigenvalue weighted by atomic mass is 32.2. The molecule has 5 heteroatoms. The molecular weight excluding hydrogens is 332 g/mol. The fourth-order valence-electron chi connectivity index (χ4n) is 2.59. The molecule has 0 amide bonds. The third kappa shape index (κ3) is 4.25. The molecule has 0 unspecified atom stereocenters. The van der Waals surface area contributed by atoms with E-state index in [2.05, 4.69) is 16.6 Å². The maximum atomic E-state index is 12.6. The van der Waals surface area contributed by atoms with Crippen LogP contribution in [0.15, 0.2) is 77.7 Å². The van der Waals surface area contributed by atoms with Gasteiger partial charge in [-0.05, 0) is 41.8 Å². The summed E-state index contributed by atoms with van der Waals surface area (Å²) in [7, 11) is -3.66. The van der Waals surface area contributed by atoms with Crippen molar-refractivity contribution in [2.75, 3.05) is 4.72 Å². The van der Waals surface area contributed by atoms with Crippen molar-refractivity contribution in [3.05, 3.63) is 78.5 Å². The highest BCUT2D eigenvalue weighted by Crippen LogP contribution is 2.22. The second-order valence-electron chi connectivity index (χ2n) is 5.76. The molecule has 0 spiro atoms. The van der Waals surface area contributed by atoms with Gasteiger partial charge in [0, 0.05) is 5.69 Å². The summed E-state index contributed by atoms with van der Waals surface area (Å²) >= 11 is 0. The van der Waals surface area contributed by atoms with Gasteiger partial charge >= 0.3 is 0 Å². The highest BCUT2D eigenvalue weighted by molar-refractivity contribution is 7.92. The van der Waals surface area contributed by atoms with Crippen LogP contribution in [0, 0.1) is 0 Å². The van der Waals surface area contributed by atoms with Crippen LogP contribution in [-0.2, 0) is 16.4 Å². The third-order valence-corrected chi connectivity index (χ3v) is 5.19. The van der Waals surface area contributed by atoms with Gasteiger partial charge in [0.2, 0.25) is 0 Å². The summed E-state index contributed by atoms with van der Waals surface area (Å²) in [5.74, 6) is 0.345. The summed E-state index contributed by atoms with van der Waals surface area (Å²) in [5.41, 5.74) is 2.90. The van der Waals surface area contributed by atoms with Crippen LogP contribution in [0.5, 0.6) is 0 Å². The Labute approximate surface area is 148 Å². The number of hydrogen-bond donors (Lipinski definition) is 1. The Balaban J connectivity index is 1.81. The molecule has 128 valence electrons. The van der Waals surface area contributed by atoms with Gasteiger partial charge in [-0.25, -0.2) is 13.4 Å². The number of aryl methyl sites for hydroxylation is 1. The van der Waals surface area contributed by atoms with Crippen molar-refractivity contribution >= 4 is 15.8 Å². The molecule has 0 saturated carbocycles.